The first-order valence-electron chi connectivity index (χ1n) is 7.35. The molecular formula is C17H15N5O2S. The number of amidine groups is 1. The van der Waals surface area contributed by atoms with Gasteiger partial charge < -0.3 is 10.8 Å². The van der Waals surface area contributed by atoms with Crippen LogP contribution in [0.4, 0.5) is 0 Å². The Morgan fingerprint density at radius 2 is 1.64 bits per heavy atom. The second kappa shape index (κ2) is 7.18. The fourth-order valence-corrected chi connectivity index (χ4v) is 2.75. The summed E-state index contributed by atoms with van der Waals surface area (Å²) in [6, 6.07) is 15.2. The van der Waals surface area contributed by atoms with Gasteiger partial charge in [0.2, 0.25) is 5.16 Å². The topological polar surface area (TPSA) is 129 Å². The van der Waals surface area contributed by atoms with Gasteiger partial charge in [-0.1, -0.05) is 60.3 Å². The van der Waals surface area contributed by atoms with Gasteiger partial charge in [0.1, 0.15) is 5.84 Å². The molecule has 8 heteroatoms. The first kappa shape index (κ1) is 16.7. The van der Waals surface area contributed by atoms with Gasteiger partial charge in [0.15, 0.2) is 5.82 Å². The van der Waals surface area contributed by atoms with Crippen molar-refractivity contribution in [3.8, 4) is 22.5 Å². The molecule has 25 heavy (non-hydrogen) atoms. The van der Waals surface area contributed by atoms with Crippen molar-refractivity contribution in [2.45, 2.75) is 5.16 Å². The van der Waals surface area contributed by atoms with E-state index in [1.165, 1.54) is 0 Å². The van der Waals surface area contributed by atoms with Crippen molar-refractivity contribution < 1.29 is 9.90 Å². The van der Waals surface area contributed by atoms with E-state index in [0.29, 0.717) is 16.5 Å². The highest BCUT2D eigenvalue weighted by Crippen LogP contribution is 2.24. The predicted octanol–water partition coefficient (Wildman–Crippen LogP) is 2.60. The molecule has 126 valence electrons. The molecule has 7 nitrogen and oxygen atoms in total. The number of aromatic amines is 1. The van der Waals surface area contributed by atoms with Crippen LogP contribution in [0.15, 0.2) is 53.7 Å². The molecule has 1 heterocycles. The van der Waals surface area contributed by atoms with Gasteiger partial charge in [0.25, 0.3) is 0 Å². The van der Waals surface area contributed by atoms with Gasteiger partial charge in [-0.25, -0.2) is 4.98 Å². The molecule has 0 saturated carbocycles. The number of hydrogen-bond donors (Lipinski definition) is 4. The van der Waals surface area contributed by atoms with E-state index in [4.69, 9.17) is 16.2 Å². The molecule has 0 fully saturated rings. The summed E-state index contributed by atoms with van der Waals surface area (Å²) in [5.74, 6) is -0.349. The highest BCUT2D eigenvalue weighted by atomic mass is 32.2. The van der Waals surface area contributed by atoms with Gasteiger partial charge in [-0.3, -0.25) is 15.3 Å². The minimum Gasteiger partial charge on any atom is -0.481 e. The number of carboxylic acid groups (broad SMARTS) is 1. The highest BCUT2D eigenvalue weighted by Gasteiger charge is 2.08. The molecular weight excluding hydrogens is 338 g/mol. The number of aliphatic carboxylic acids is 1. The summed E-state index contributed by atoms with van der Waals surface area (Å²) in [4.78, 5) is 14.9. The minimum absolute atomic E-state index is 0.0452. The molecule has 0 saturated heterocycles. The molecule has 0 atom stereocenters. The Labute approximate surface area is 147 Å². The maximum atomic E-state index is 10.6. The summed E-state index contributed by atoms with van der Waals surface area (Å²) in [6.45, 7) is 0. The maximum Gasteiger partial charge on any atom is 0.313 e. The summed E-state index contributed by atoms with van der Waals surface area (Å²) in [5.41, 5.74) is 9.05. The Balaban J connectivity index is 1.76. The van der Waals surface area contributed by atoms with Gasteiger partial charge >= 0.3 is 5.97 Å². The summed E-state index contributed by atoms with van der Waals surface area (Å²) >= 11 is 1.07. The number of nitrogens with zero attached hydrogens (tertiary/aromatic N) is 2. The standard InChI is InChI=1S/C17H15N5O2S/c18-15(19)12-5-1-10(2-6-12)11-3-7-13(8-4-11)16-20-17(22-21-16)25-9-14(23)24/h1-8H,9H2,(H3,18,19)(H,23,24)(H,20,21,22). The molecule has 0 spiro atoms. The van der Waals surface area contributed by atoms with Crippen molar-refractivity contribution in [1.29, 1.82) is 5.41 Å². The third-order valence-corrected chi connectivity index (χ3v) is 4.31. The van der Waals surface area contributed by atoms with Gasteiger partial charge in [0, 0.05) is 11.1 Å². The van der Waals surface area contributed by atoms with E-state index >= 15 is 0 Å². The molecule has 0 amide bonds. The van der Waals surface area contributed by atoms with E-state index in [2.05, 4.69) is 15.2 Å². The molecule has 2 aromatic carbocycles. The van der Waals surface area contributed by atoms with Crippen molar-refractivity contribution >= 4 is 23.6 Å². The molecule has 5 N–H and O–H groups in total. The van der Waals surface area contributed by atoms with Gasteiger partial charge in [0.05, 0.1) is 5.75 Å². The number of nitrogens with one attached hydrogen (secondary N) is 2. The lowest BCUT2D eigenvalue weighted by Crippen LogP contribution is -2.10. The summed E-state index contributed by atoms with van der Waals surface area (Å²) in [6.07, 6.45) is 0. The number of aromatic nitrogens is 3. The SMILES string of the molecule is N=C(N)c1ccc(-c2ccc(-c3nc(SCC(=O)O)n[nH]3)cc2)cc1. The van der Waals surface area contributed by atoms with Crippen LogP contribution in [0.1, 0.15) is 5.56 Å². The Morgan fingerprint density at radius 3 is 2.20 bits per heavy atom. The van der Waals surface area contributed by atoms with E-state index in [1.807, 2.05) is 48.5 Å². The van der Waals surface area contributed by atoms with Crippen molar-refractivity contribution in [2.75, 3.05) is 5.75 Å². The predicted molar refractivity (Wildman–Crippen MR) is 96.6 cm³/mol. The molecule has 0 aliphatic rings. The normalized spacial score (nSPS) is 10.6. The molecule has 0 bridgehead atoms. The first-order valence-corrected chi connectivity index (χ1v) is 8.34. The quantitative estimate of drug-likeness (QED) is 0.306. The molecule has 3 rings (SSSR count). The van der Waals surface area contributed by atoms with Crippen molar-refractivity contribution in [1.82, 2.24) is 15.2 Å². The fraction of sp³-hybridized carbons (Fsp3) is 0.0588. The Hall–Kier alpha value is -3.13. The number of thioether (sulfide) groups is 1. The van der Waals surface area contributed by atoms with Crippen LogP contribution < -0.4 is 5.73 Å². The maximum absolute atomic E-state index is 10.6. The van der Waals surface area contributed by atoms with Crippen LogP contribution in [0.3, 0.4) is 0 Å². The molecule has 3 aromatic rings. The smallest absolute Gasteiger partial charge is 0.313 e. The fourth-order valence-electron chi connectivity index (χ4n) is 2.23. The van der Waals surface area contributed by atoms with Gasteiger partial charge in [-0.2, -0.15) is 0 Å². The number of nitrogens with two attached hydrogens (primary N) is 1. The van der Waals surface area contributed by atoms with Crippen molar-refractivity contribution in [3.05, 3.63) is 54.1 Å². The highest BCUT2D eigenvalue weighted by molar-refractivity contribution is 7.99. The second-order valence-electron chi connectivity index (χ2n) is 5.22. The number of nitrogen functional groups attached to an aromatic ring is 1. The van der Waals surface area contributed by atoms with Crippen molar-refractivity contribution in [2.24, 2.45) is 5.73 Å². The zero-order valence-corrected chi connectivity index (χ0v) is 13.9. The zero-order valence-electron chi connectivity index (χ0n) is 13.1. The van der Waals surface area contributed by atoms with Crippen LogP contribution in [0, 0.1) is 5.41 Å². The average Bonchev–Trinajstić information content (AvgIpc) is 3.09. The summed E-state index contributed by atoms with van der Waals surface area (Å²) < 4.78 is 0. The molecule has 0 unspecified atom stereocenters. The van der Waals surface area contributed by atoms with Gasteiger partial charge in [-0.15, -0.1) is 5.10 Å². The van der Waals surface area contributed by atoms with Gasteiger partial charge in [-0.05, 0) is 11.1 Å². The first-order chi connectivity index (χ1) is 12.0. The lowest BCUT2D eigenvalue weighted by molar-refractivity contribution is -0.133. The zero-order chi connectivity index (χ0) is 17.8. The van der Waals surface area contributed by atoms with E-state index in [9.17, 15) is 4.79 Å². The van der Waals surface area contributed by atoms with Crippen LogP contribution in [0.5, 0.6) is 0 Å². The average molecular weight is 353 g/mol. The summed E-state index contributed by atoms with van der Waals surface area (Å²) in [5, 5.41) is 23.3. The number of benzene rings is 2. The largest absolute Gasteiger partial charge is 0.481 e. The second-order valence-corrected chi connectivity index (χ2v) is 6.16. The van der Waals surface area contributed by atoms with E-state index < -0.39 is 5.97 Å². The molecule has 0 radical (unpaired) electrons. The van der Waals surface area contributed by atoms with E-state index in [0.717, 1.165) is 28.5 Å². The monoisotopic (exact) mass is 353 g/mol. The Morgan fingerprint density at radius 1 is 1.08 bits per heavy atom. The molecule has 0 aliphatic carbocycles. The van der Waals surface area contributed by atoms with Crippen LogP contribution in [-0.2, 0) is 4.79 Å². The van der Waals surface area contributed by atoms with Crippen LogP contribution in [0.2, 0.25) is 0 Å². The third-order valence-electron chi connectivity index (χ3n) is 3.48. The number of hydrogen-bond acceptors (Lipinski definition) is 5. The minimum atomic E-state index is -0.906. The number of carboxylic acids is 1. The Bertz CT molecular complexity index is 904. The number of carbonyl (C=O) groups is 1. The van der Waals surface area contributed by atoms with Crippen LogP contribution >= 0.6 is 11.8 Å². The number of rotatable bonds is 6. The van der Waals surface area contributed by atoms with E-state index in [1.54, 1.807) is 0 Å². The van der Waals surface area contributed by atoms with Crippen LogP contribution in [-0.4, -0.2) is 37.8 Å². The number of H-pyrrole nitrogens is 1. The lowest BCUT2D eigenvalue weighted by Gasteiger charge is -2.04. The van der Waals surface area contributed by atoms with Crippen LogP contribution in [0.25, 0.3) is 22.5 Å². The van der Waals surface area contributed by atoms with Crippen molar-refractivity contribution in [3.63, 3.8) is 0 Å². The molecule has 0 aliphatic heterocycles. The Kier molecular flexibility index (Phi) is 4.80. The van der Waals surface area contributed by atoms with E-state index in [-0.39, 0.29) is 11.6 Å². The lowest BCUT2D eigenvalue weighted by atomic mass is 10.0. The third kappa shape index (κ3) is 4.04. The summed E-state index contributed by atoms with van der Waals surface area (Å²) in [7, 11) is 0. The molecule has 1 aromatic heterocycles.